The molecule has 1 aromatic carbocycles. The van der Waals surface area contributed by atoms with E-state index >= 15 is 0 Å². The highest BCUT2D eigenvalue weighted by atomic mass is 79.9. The zero-order chi connectivity index (χ0) is 13.2. The molecule has 0 spiro atoms. The molecule has 1 unspecified atom stereocenters. The minimum Gasteiger partial charge on any atom is -0.315 e. The summed E-state index contributed by atoms with van der Waals surface area (Å²) in [6, 6.07) is 5.19. The molecule has 1 saturated heterocycles. The molecule has 1 aliphatic heterocycles. The average molecular weight is 370 g/mol. The Hall–Kier alpha value is -0.140. The fraction of sp³-hybridized carbons (Fsp3) is 0.500. The van der Waals surface area contributed by atoms with Crippen LogP contribution in [-0.4, -0.2) is 27.5 Å². The van der Waals surface area contributed by atoms with Gasteiger partial charge in [-0.05, 0) is 50.1 Å². The summed E-state index contributed by atoms with van der Waals surface area (Å²) in [4.78, 5) is 0.358. The maximum Gasteiger partial charge on any atom is 0.241 e. The molecule has 2 N–H and O–H groups in total. The van der Waals surface area contributed by atoms with E-state index in [2.05, 4.69) is 26.0 Å². The van der Waals surface area contributed by atoms with E-state index in [1.54, 1.807) is 19.1 Å². The lowest BCUT2D eigenvalue weighted by Gasteiger charge is -2.24. The molecule has 19 heavy (non-hydrogen) atoms. The lowest BCUT2D eigenvalue weighted by atomic mass is 10.1. The Morgan fingerprint density at radius 2 is 2.16 bits per heavy atom. The maximum absolute atomic E-state index is 12.3. The molecule has 108 valence electrons. The first-order chi connectivity index (χ1) is 8.49. The van der Waals surface area contributed by atoms with Gasteiger partial charge < -0.3 is 5.32 Å². The van der Waals surface area contributed by atoms with E-state index in [1.165, 1.54) is 0 Å². The molecule has 7 heteroatoms. The molecule has 0 saturated carbocycles. The van der Waals surface area contributed by atoms with Crippen LogP contribution in [0, 0.1) is 6.92 Å². The Labute approximate surface area is 128 Å². The normalized spacial score (nSPS) is 19.8. The molecule has 1 aliphatic rings. The fourth-order valence-corrected chi connectivity index (χ4v) is 4.12. The first-order valence-corrected chi connectivity index (χ1v) is 8.26. The van der Waals surface area contributed by atoms with Crippen LogP contribution in [0.15, 0.2) is 27.6 Å². The Bertz CT molecular complexity index is 531. The summed E-state index contributed by atoms with van der Waals surface area (Å²) in [6.45, 7) is 3.47. The third kappa shape index (κ3) is 4.43. The van der Waals surface area contributed by atoms with E-state index in [1.807, 2.05) is 6.07 Å². The van der Waals surface area contributed by atoms with Crippen LogP contribution < -0.4 is 10.0 Å². The first kappa shape index (κ1) is 16.9. The second kappa shape index (κ2) is 7.04. The van der Waals surface area contributed by atoms with Gasteiger partial charge >= 0.3 is 0 Å². The van der Waals surface area contributed by atoms with Crippen molar-refractivity contribution < 1.29 is 8.42 Å². The number of aryl methyl sites for hydroxylation is 1. The van der Waals surface area contributed by atoms with Crippen molar-refractivity contribution in [3.05, 3.63) is 28.2 Å². The molecule has 1 fully saturated rings. The van der Waals surface area contributed by atoms with E-state index in [-0.39, 0.29) is 18.4 Å². The largest absolute Gasteiger partial charge is 0.315 e. The number of rotatable bonds is 3. The van der Waals surface area contributed by atoms with Crippen LogP contribution in [-0.2, 0) is 10.0 Å². The van der Waals surface area contributed by atoms with Crippen LogP contribution in [0.5, 0.6) is 0 Å². The summed E-state index contributed by atoms with van der Waals surface area (Å²) in [7, 11) is -3.42. The molecule has 0 aromatic heterocycles. The molecular weight excluding hydrogens is 352 g/mol. The van der Waals surface area contributed by atoms with E-state index in [4.69, 9.17) is 0 Å². The van der Waals surface area contributed by atoms with Gasteiger partial charge in [-0.3, -0.25) is 0 Å². The lowest BCUT2D eigenvalue weighted by molar-refractivity contribution is 0.428. The van der Waals surface area contributed by atoms with Crippen molar-refractivity contribution in [1.82, 2.24) is 10.0 Å². The van der Waals surface area contributed by atoms with Crippen molar-refractivity contribution in [3.63, 3.8) is 0 Å². The van der Waals surface area contributed by atoms with Gasteiger partial charge in [0.1, 0.15) is 0 Å². The zero-order valence-corrected chi connectivity index (χ0v) is 13.9. The number of hydrogen-bond acceptors (Lipinski definition) is 3. The summed E-state index contributed by atoms with van der Waals surface area (Å²) in [5.41, 5.74) is 0.751. The van der Waals surface area contributed by atoms with Gasteiger partial charge in [-0.15, -0.1) is 12.4 Å². The van der Waals surface area contributed by atoms with Gasteiger partial charge in [-0.2, -0.15) is 0 Å². The number of piperidine rings is 1. The summed E-state index contributed by atoms with van der Waals surface area (Å²) < 4.78 is 28.2. The maximum atomic E-state index is 12.3. The number of hydrogen-bond donors (Lipinski definition) is 2. The number of halogens is 2. The topological polar surface area (TPSA) is 58.2 Å². The van der Waals surface area contributed by atoms with Gasteiger partial charge in [0, 0.05) is 17.1 Å². The second-order valence-corrected chi connectivity index (χ2v) is 7.17. The third-order valence-corrected chi connectivity index (χ3v) is 5.22. The Kier molecular flexibility index (Phi) is 6.26. The monoisotopic (exact) mass is 368 g/mol. The summed E-state index contributed by atoms with van der Waals surface area (Å²) in [5, 5.41) is 3.20. The minimum atomic E-state index is -3.42. The molecule has 0 amide bonds. The van der Waals surface area contributed by atoms with E-state index < -0.39 is 10.0 Å². The fourth-order valence-electron chi connectivity index (χ4n) is 2.15. The van der Waals surface area contributed by atoms with Crippen molar-refractivity contribution in [3.8, 4) is 0 Å². The highest BCUT2D eigenvalue weighted by Crippen LogP contribution is 2.20. The number of sulfonamides is 1. The molecule has 0 aliphatic carbocycles. The van der Waals surface area contributed by atoms with Crippen LogP contribution in [0.2, 0.25) is 0 Å². The van der Waals surface area contributed by atoms with Crippen molar-refractivity contribution in [2.75, 3.05) is 13.1 Å². The van der Waals surface area contributed by atoms with Gasteiger partial charge in [-0.1, -0.05) is 15.9 Å². The highest BCUT2D eigenvalue weighted by Gasteiger charge is 2.22. The van der Waals surface area contributed by atoms with Gasteiger partial charge in [0.15, 0.2) is 0 Å². The molecule has 1 atom stereocenters. The molecule has 1 aromatic rings. The molecule has 0 radical (unpaired) electrons. The molecule has 1 heterocycles. The molecule has 4 nitrogen and oxygen atoms in total. The minimum absolute atomic E-state index is 0. The third-order valence-electron chi connectivity index (χ3n) is 3.05. The standard InChI is InChI=1S/C12H17BrN2O2S.ClH/c1-9-7-10(13)4-5-12(9)18(16,17)15-11-3-2-6-14-8-11;/h4-5,7,11,14-15H,2-3,6,8H2,1H3;1H. The highest BCUT2D eigenvalue weighted by molar-refractivity contribution is 9.10. The first-order valence-electron chi connectivity index (χ1n) is 5.98. The van der Waals surface area contributed by atoms with Gasteiger partial charge in [0.25, 0.3) is 0 Å². The molecule has 0 bridgehead atoms. The Morgan fingerprint density at radius 1 is 1.42 bits per heavy atom. The van der Waals surface area contributed by atoms with Crippen molar-refractivity contribution >= 4 is 38.4 Å². The van der Waals surface area contributed by atoms with Gasteiger partial charge in [-0.25, -0.2) is 13.1 Å². The number of nitrogens with one attached hydrogen (secondary N) is 2. The number of benzene rings is 1. The summed E-state index contributed by atoms with van der Waals surface area (Å²) >= 11 is 3.34. The second-order valence-electron chi connectivity index (χ2n) is 4.57. The van der Waals surface area contributed by atoms with Crippen LogP contribution >= 0.6 is 28.3 Å². The van der Waals surface area contributed by atoms with Crippen LogP contribution in [0.4, 0.5) is 0 Å². The van der Waals surface area contributed by atoms with Crippen LogP contribution in [0.3, 0.4) is 0 Å². The van der Waals surface area contributed by atoms with Crippen LogP contribution in [0.25, 0.3) is 0 Å². The van der Waals surface area contributed by atoms with Gasteiger partial charge in [0.2, 0.25) is 10.0 Å². The Balaban J connectivity index is 0.00000180. The van der Waals surface area contributed by atoms with Crippen molar-refractivity contribution in [2.45, 2.75) is 30.7 Å². The van der Waals surface area contributed by atoms with Crippen molar-refractivity contribution in [1.29, 1.82) is 0 Å². The Morgan fingerprint density at radius 3 is 2.74 bits per heavy atom. The van der Waals surface area contributed by atoms with E-state index in [0.717, 1.165) is 29.4 Å². The van der Waals surface area contributed by atoms with E-state index in [9.17, 15) is 8.42 Å². The summed E-state index contributed by atoms with van der Waals surface area (Å²) in [6.07, 6.45) is 1.90. The van der Waals surface area contributed by atoms with E-state index in [0.29, 0.717) is 11.4 Å². The molecule has 2 rings (SSSR count). The summed E-state index contributed by atoms with van der Waals surface area (Å²) in [5.74, 6) is 0. The average Bonchev–Trinajstić information content (AvgIpc) is 2.29. The lowest BCUT2D eigenvalue weighted by Crippen LogP contribution is -2.45. The van der Waals surface area contributed by atoms with Crippen molar-refractivity contribution in [2.24, 2.45) is 0 Å². The van der Waals surface area contributed by atoms with Crippen LogP contribution in [0.1, 0.15) is 18.4 Å². The smallest absolute Gasteiger partial charge is 0.241 e. The zero-order valence-electron chi connectivity index (χ0n) is 10.6. The molecular formula is C12H18BrClN2O2S. The van der Waals surface area contributed by atoms with Gasteiger partial charge in [0.05, 0.1) is 4.90 Å². The quantitative estimate of drug-likeness (QED) is 0.859. The predicted octanol–water partition coefficient (Wildman–Crippen LogP) is 2.21. The SMILES string of the molecule is Cc1cc(Br)ccc1S(=O)(=O)NC1CCCNC1.Cl. The predicted molar refractivity (Wildman–Crippen MR) is 82.3 cm³/mol.